The Hall–Kier alpha value is -1.79. The predicted molar refractivity (Wildman–Crippen MR) is 81.1 cm³/mol. The summed E-state index contributed by atoms with van der Waals surface area (Å²) in [5.41, 5.74) is 0.679. The van der Waals surface area contributed by atoms with Crippen LogP contribution in [-0.4, -0.2) is 41.7 Å². The Balaban J connectivity index is 1.70. The van der Waals surface area contributed by atoms with Gasteiger partial charge in [-0.05, 0) is 24.6 Å². The Morgan fingerprint density at radius 3 is 3.05 bits per heavy atom. The number of likely N-dealkylation sites (N-methyl/N-ethyl adjacent to an activating group) is 1. The molecule has 5 nitrogen and oxygen atoms in total. The first-order valence-electron chi connectivity index (χ1n) is 7.63. The van der Waals surface area contributed by atoms with E-state index < -0.39 is 0 Å². The van der Waals surface area contributed by atoms with Crippen molar-refractivity contribution in [2.75, 3.05) is 26.7 Å². The fourth-order valence-electron chi connectivity index (χ4n) is 2.83. The van der Waals surface area contributed by atoms with E-state index in [1.807, 2.05) is 13.0 Å². The van der Waals surface area contributed by atoms with Crippen molar-refractivity contribution in [2.24, 2.45) is 0 Å². The Kier molecular flexibility index (Phi) is 4.49. The molecule has 1 aliphatic rings. The number of aromatic nitrogens is 2. The first kappa shape index (κ1) is 15.1. The van der Waals surface area contributed by atoms with E-state index in [1.165, 1.54) is 6.07 Å². The van der Waals surface area contributed by atoms with Gasteiger partial charge in [-0.15, -0.1) is 0 Å². The second-order valence-corrected chi connectivity index (χ2v) is 5.87. The molecule has 1 saturated heterocycles. The van der Waals surface area contributed by atoms with Crippen molar-refractivity contribution in [3.8, 4) is 0 Å². The quantitative estimate of drug-likeness (QED) is 0.938. The molecule has 0 saturated carbocycles. The fourth-order valence-corrected chi connectivity index (χ4v) is 2.83. The number of rotatable bonds is 4. The smallest absolute Gasteiger partial charge is 0.227 e. The highest BCUT2D eigenvalue weighted by Crippen LogP contribution is 2.24. The third kappa shape index (κ3) is 3.18. The SMILES string of the molecule is CC(Cc1nc(C2CNCCN2C)no1)c1ccccc1F. The van der Waals surface area contributed by atoms with Gasteiger partial charge in [0.25, 0.3) is 0 Å². The van der Waals surface area contributed by atoms with E-state index in [2.05, 4.69) is 27.4 Å². The number of nitrogens with one attached hydrogen (secondary N) is 1. The highest BCUT2D eigenvalue weighted by molar-refractivity contribution is 5.21. The molecule has 0 bridgehead atoms. The first-order valence-corrected chi connectivity index (χ1v) is 7.63. The van der Waals surface area contributed by atoms with Gasteiger partial charge in [-0.1, -0.05) is 30.3 Å². The largest absolute Gasteiger partial charge is 0.339 e. The molecule has 3 rings (SSSR count). The van der Waals surface area contributed by atoms with Crippen LogP contribution in [0, 0.1) is 5.82 Å². The van der Waals surface area contributed by atoms with Crippen LogP contribution in [0.4, 0.5) is 4.39 Å². The van der Waals surface area contributed by atoms with Gasteiger partial charge in [-0.2, -0.15) is 4.98 Å². The van der Waals surface area contributed by atoms with Crippen LogP contribution < -0.4 is 5.32 Å². The van der Waals surface area contributed by atoms with Crippen LogP contribution in [-0.2, 0) is 6.42 Å². The minimum Gasteiger partial charge on any atom is -0.339 e. The lowest BCUT2D eigenvalue weighted by atomic mass is 9.97. The van der Waals surface area contributed by atoms with Crippen molar-refractivity contribution in [2.45, 2.75) is 25.3 Å². The van der Waals surface area contributed by atoms with Crippen molar-refractivity contribution >= 4 is 0 Å². The number of hydrogen-bond donors (Lipinski definition) is 1. The minimum absolute atomic E-state index is 0.00305. The highest BCUT2D eigenvalue weighted by atomic mass is 19.1. The molecular weight excluding hydrogens is 283 g/mol. The lowest BCUT2D eigenvalue weighted by molar-refractivity contribution is 0.190. The maximum absolute atomic E-state index is 13.8. The molecule has 1 fully saturated rings. The summed E-state index contributed by atoms with van der Waals surface area (Å²) in [4.78, 5) is 6.71. The second kappa shape index (κ2) is 6.54. The van der Waals surface area contributed by atoms with Gasteiger partial charge in [-0.3, -0.25) is 4.90 Å². The molecule has 1 N–H and O–H groups in total. The number of nitrogens with zero attached hydrogens (tertiary/aromatic N) is 3. The van der Waals surface area contributed by atoms with Crippen molar-refractivity contribution in [3.05, 3.63) is 47.4 Å². The van der Waals surface area contributed by atoms with E-state index in [0.29, 0.717) is 23.7 Å². The lowest BCUT2D eigenvalue weighted by Gasteiger charge is -2.30. The topological polar surface area (TPSA) is 54.2 Å². The molecule has 0 radical (unpaired) electrons. The van der Waals surface area contributed by atoms with Crippen molar-refractivity contribution < 1.29 is 8.91 Å². The molecule has 2 unspecified atom stereocenters. The average Bonchev–Trinajstić information content (AvgIpc) is 2.96. The third-order valence-corrected chi connectivity index (χ3v) is 4.21. The Morgan fingerprint density at radius 1 is 1.45 bits per heavy atom. The van der Waals surface area contributed by atoms with Gasteiger partial charge in [-0.25, -0.2) is 4.39 Å². The molecule has 1 aliphatic heterocycles. The molecule has 6 heteroatoms. The average molecular weight is 304 g/mol. The van der Waals surface area contributed by atoms with Crippen LogP contribution in [0.25, 0.3) is 0 Å². The van der Waals surface area contributed by atoms with Crippen LogP contribution in [0.5, 0.6) is 0 Å². The zero-order valence-corrected chi connectivity index (χ0v) is 12.9. The fraction of sp³-hybridized carbons (Fsp3) is 0.500. The normalized spacial score (nSPS) is 21.0. The van der Waals surface area contributed by atoms with Crippen LogP contribution in [0.1, 0.15) is 36.2 Å². The minimum atomic E-state index is -0.189. The van der Waals surface area contributed by atoms with E-state index in [4.69, 9.17) is 4.52 Å². The van der Waals surface area contributed by atoms with Crippen LogP contribution in [0.2, 0.25) is 0 Å². The van der Waals surface area contributed by atoms with Crippen molar-refractivity contribution in [1.82, 2.24) is 20.4 Å². The number of hydrogen-bond acceptors (Lipinski definition) is 5. The maximum atomic E-state index is 13.8. The van der Waals surface area contributed by atoms with Crippen molar-refractivity contribution in [1.29, 1.82) is 0 Å². The number of halogens is 1. The van der Waals surface area contributed by atoms with Crippen LogP contribution >= 0.6 is 0 Å². The van der Waals surface area contributed by atoms with E-state index in [-0.39, 0.29) is 17.8 Å². The molecule has 0 spiro atoms. The lowest BCUT2D eigenvalue weighted by Crippen LogP contribution is -2.44. The van der Waals surface area contributed by atoms with E-state index in [9.17, 15) is 4.39 Å². The molecule has 2 atom stereocenters. The number of piperazine rings is 1. The van der Waals surface area contributed by atoms with E-state index in [1.54, 1.807) is 12.1 Å². The molecular formula is C16H21FN4O. The van der Waals surface area contributed by atoms with Gasteiger partial charge < -0.3 is 9.84 Å². The van der Waals surface area contributed by atoms with Gasteiger partial charge in [0.05, 0.1) is 6.04 Å². The van der Waals surface area contributed by atoms with Gasteiger partial charge in [0, 0.05) is 26.1 Å². The van der Waals surface area contributed by atoms with Crippen LogP contribution in [0.15, 0.2) is 28.8 Å². The molecule has 0 amide bonds. The molecule has 2 heterocycles. The van der Waals surface area contributed by atoms with E-state index >= 15 is 0 Å². The summed E-state index contributed by atoms with van der Waals surface area (Å²) in [6, 6.07) is 6.96. The summed E-state index contributed by atoms with van der Waals surface area (Å²) in [6.45, 7) is 4.72. The molecule has 0 aliphatic carbocycles. The standard InChI is InChI=1S/C16H21FN4O/c1-11(12-5-3-4-6-13(12)17)9-15-19-16(20-22-15)14-10-18-7-8-21(14)2/h3-6,11,14,18H,7-10H2,1-2H3. The third-order valence-electron chi connectivity index (χ3n) is 4.21. The summed E-state index contributed by atoms with van der Waals surface area (Å²) >= 11 is 0. The molecule has 1 aromatic carbocycles. The maximum Gasteiger partial charge on any atom is 0.227 e. The van der Waals surface area contributed by atoms with Gasteiger partial charge in [0.1, 0.15) is 5.82 Å². The molecule has 2 aromatic rings. The van der Waals surface area contributed by atoms with Crippen LogP contribution in [0.3, 0.4) is 0 Å². The molecule has 118 valence electrons. The van der Waals surface area contributed by atoms with Gasteiger partial charge >= 0.3 is 0 Å². The summed E-state index contributed by atoms with van der Waals surface area (Å²) in [5, 5.41) is 7.43. The zero-order valence-electron chi connectivity index (χ0n) is 12.9. The summed E-state index contributed by atoms with van der Waals surface area (Å²) in [5.74, 6) is 1.07. The zero-order chi connectivity index (χ0) is 15.5. The summed E-state index contributed by atoms with van der Waals surface area (Å²) < 4.78 is 19.2. The summed E-state index contributed by atoms with van der Waals surface area (Å²) in [7, 11) is 2.06. The highest BCUT2D eigenvalue weighted by Gasteiger charge is 2.25. The Morgan fingerprint density at radius 2 is 2.27 bits per heavy atom. The first-order chi connectivity index (χ1) is 10.6. The Bertz CT molecular complexity index is 630. The summed E-state index contributed by atoms with van der Waals surface area (Å²) in [6.07, 6.45) is 0.539. The van der Waals surface area contributed by atoms with Gasteiger partial charge in [0.2, 0.25) is 5.89 Å². The predicted octanol–water partition coefficient (Wildman–Crippen LogP) is 2.13. The van der Waals surface area contributed by atoms with Gasteiger partial charge in [0.15, 0.2) is 5.82 Å². The van der Waals surface area contributed by atoms with Crippen molar-refractivity contribution in [3.63, 3.8) is 0 Å². The monoisotopic (exact) mass is 304 g/mol. The Labute approximate surface area is 129 Å². The molecule has 22 heavy (non-hydrogen) atoms. The number of benzene rings is 1. The second-order valence-electron chi connectivity index (χ2n) is 5.87. The molecule has 1 aromatic heterocycles. The van der Waals surface area contributed by atoms with E-state index in [0.717, 1.165) is 19.6 Å².